The second kappa shape index (κ2) is 10.7. The summed E-state index contributed by atoms with van der Waals surface area (Å²) in [5, 5.41) is 6.65. The van der Waals surface area contributed by atoms with Gasteiger partial charge in [0.25, 0.3) is 0 Å². The Morgan fingerprint density at radius 3 is 2.67 bits per heavy atom. The minimum absolute atomic E-state index is 0.590. The first-order valence-corrected chi connectivity index (χ1v) is 9.49. The molecule has 128 valence electrons. The molecular formula is C19H26N4S. The summed E-state index contributed by atoms with van der Waals surface area (Å²) in [6, 6.07) is 14.6. The van der Waals surface area contributed by atoms with Crippen LogP contribution >= 0.6 is 11.8 Å². The van der Waals surface area contributed by atoms with Gasteiger partial charge >= 0.3 is 0 Å². The van der Waals surface area contributed by atoms with Crippen molar-refractivity contribution in [3.8, 4) is 0 Å². The quantitative estimate of drug-likeness (QED) is 0.439. The summed E-state index contributed by atoms with van der Waals surface area (Å²) in [6.07, 6.45) is 1.80. The van der Waals surface area contributed by atoms with E-state index in [9.17, 15) is 0 Å². The molecule has 1 aromatic carbocycles. The fourth-order valence-corrected chi connectivity index (χ4v) is 2.93. The smallest absolute Gasteiger partial charge is 0.191 e. The molecule has 0 saturated heterocycles. The molecule has 0 aliphatic rings. The van der Waals surface area contributed by atoms with Crippen molar-refractivity contribution in [2.75, 3.05) is 18.8 Å². The summed E-state index contributed by atoms with van der Waals surface area (Å²) in [4.78, 5) is 8.87. The number of nitrogens with one attached hydrogen (secondary N) is 2. The molecule has 2 N–H and O–H groups in total. The number of guanidine groups is 1. The summed E-state index contributed by atoms with van der Waals surface area (Å²) < 4.78 is 0. The number of rotatable bonds is 8. The van der Waals surface area contributed by atoms with Crippen LogP contribution in [0.25, 0.3) is 0 Å². The van der Waals surface area contributed by atoms with Gasteiger partial charge in [-0.25, -0.2) is 4.99 Å². The molecule has 2 aromatic rings. The lowest BCUT2D eigenvalue weighted by atomic mass is 10.2. The molecule has 24 heavy (non-hydrogen) atoms. The number of thioether (sulfide) groups is 1. The lowest BCUT2D eigenvalue weighted by Crippen LogP contribution is -2.38. The van der Waals surface area contributed by atoms with Crippen LogP contribution in [0.4, 0.5) is 0 Å². The van der Waals surface area contributed by atoms with E-state index in [1.165, 1.54) is 11.1 Å². The zero-order valence-electron chi connectivity index (χ0n) is 14.5. The number of nitrogens with zero attached hydrogens (tertiary/aromatic N) is 2. The normalized spacial score (nSPS) is 11.3. The lowest BCUT2D eigenvalue weighted by molar-refractivity contribution is 0.837. The number of aliphatic imine (C=N–C) groups is 1. The van der Waals surface area contributed by atoms with Gasteiger partial charge in [-0.1, -0.05) is 35.9 Å². The Kier molecular flexibility index (Phi) is 8.18. The van der Waals surface area contributed by atoms with Crippen molar-refractivity contribution < 1.29 is 0 Å². The molecule has 2 rings (SSSR count). The molecule has 0 fully saturated rings. The first-order valence-electron chi connectivity index (χ1n) is 8.33. The topological polar surface area (TPSA) is 49.3 Å². The summed E-state index contributed by atoms with van der Waals surface area (Å²) in [6.45, 7) is 6.53. The predicted molar refractivity (Wildman–Crippen MR) is 104 cm³/mol. The lowest BCUT2D eigenvalue weighted by Gasteiger charge is -2.11. The fraction of sp³-hybridized carbons (Fsp3) is 0.368. The van der Waals surface area contributed by atoms with Gasteiger partial charge in [0.15, 0.2) is 5.96 Å². The van der Waals surface area contributed by atoms with Crippen molar-refractivity contribution >= 4 is 17.7 Å². The molecule has 1 heterocycles. The van der Waals surface area contributed by atoms with Gasteiger partial charge in [-0.05, 0) is 31.5 Å². The highest BCUT2D eigenvalue weighted by Crippen LogP contribution is 2.12. The van der Waals surface area contributed by atoms with E-state index in [2.05, 4.69) is 58.7 Å². The number of benzene rings is 1. The molecule has 0 atom stereocenters. The largest absolute Gasteiger partial charge is 0.357 e. The Morgan fingerprint density at radius 1 is 1.12 bits per heavy atom. The van der Waals surface area contributed by atoms with Gasteiger partial charge in [0.2, 0.25) is 0 Å². The average Bonchev–Trinajstić information content (AvgIpc) is 2.62. The predicted octanol–water partition coefficient (Wildman–Crippen LogP) is 3.38. The second-order valence-corrected chi connectivity index (χ2v) is 6.59. The molecule has 0 saturated carbocycles. The molecule has 1 aromatic heterocycles. The van der Waals surface area contributed by atoms with Crippen molar-refractivity contribution in [2.45, 2.75) is 26.1 Å². The van der Waals surface area contributed by atoms with Crippen molar-refractivity contribution in [3.63, 3.8) is 0 Å². The number of hydrogen-bond donors (Lipinski definition) is 2. The Morgan fingerprint density at radius 2 is 1.96 bits per heavy atom. The van der Waals surface area contributed by atoms with Gasteiger partial charge < -0.3 is 10.6 Å². The molecule has 0 aliphatic heterocycles. The minimum atomic E-state index is 0.590. The molecule has 0 unspecified atom stereocenters. The van der Waals surface area contributed by atoms with Crippen LogP contribution in [0.1, 0.15) is 23.7 Å². The molecule has 4 nitrogen and oxygen atoms in total. The first-order chi connectivity index (χ1) is 11.8. The molecule has 0 spiro atoms. The molecule has 0 aliphatic carbocycles. The van der Waals surface area contributed by atoms with E-state index >= 15 is 0 Å². The fourth-order valence-electron chi connectivity index (χ4n) is 2.11. The maximum Gasteiger partial charge on any atom is 0.191 e. The van der Waals surface area contributed by atoms with Gasteiger partial charge in [-0.15, -0.1) is 0 Å². The monoisotopic (exact) mass is 342 g/mol. The van der Waals surface area contributed by atoms with Crippen LogP contribution in [-0.2, 0) is 12.3 Å². The number of hydrogen-bond acceptors (Lipinski definition) is 3. The summed E-state index contributed by atoms with van der Waals surface area (Å²) in [5.41, 5.74) is 3.66. The van der Waals surface area contributed by atoms with Crippen LogP contribution in [0.2, 0.25) is 0 Å². The van der Waals surface area contributed by atoms with Crippen molar-refractivity contribution in [1.29, 1.82) is 0 Å². The van der Waals surface area contributed by atoms with Gasteiger partial charge in [0.05, 0.1) is 12.2 Å². The zero-order valence-corrected chi connectivity index (χ0v) is 15.3. The van der Waals surface area contributed by atoms with Crippen LogP contribution in [-0.4, -0.2) is 29.8 Å². The maximum atomic E-state index is 4.57. The number of aryl methyl sites for hydroxylation is 1. The average molecular weight is 343 g/mol. The van der Waals surface area contributed by atoms with E-state index in [1.54, 1.807) is 6.20 Å². The molecular weight excluding hydrogens is 316 g/mol. The van der Waals surface area contributed by atoms with Gasteiger partial charge in [0.1, 0.15) is 0 Å². The maximum absolute atomic E-state index is 4.57. The standard InChI is InChI=1S/C19H26N4S/c1-3-20-19(23-14-18-6-4-5-11-21-18)22-12-13-24-15-17-9-7-16(2)8-10-17/h4-11H,3,12-15H2,1-2H3,(H2,20,22,23). The van der Waals surface area contributed by atoms with Gasteiger partial charge in [-0.2, -0.15) is 11.8 Å². The van der Waals surface area contributed by atoms with E-state index in [0.717, 1.165) is 36.2 Å². The van der Waals surface area contributed by atoms with E-state index in [4.69, 9.17) is 0 Å². The Bertz CT molecular complexity index is 611. The zero-order chi connectivity index (χ0) is 17.0. The number of pyridine rings is 1. The summed E-state index contributed by atoms with van der Waals surface area (Å²) >= 11 is 1.93. The molecule has 5 heteroatoms. The summed E-state index contributed by atoms with van der Waals surface area (Å²) in [5.74, 6) is 2.94. The third-order valence-electron chi connectivity index (χ3n) is 3.40. The minimum Gasteiger partial charge on any atom is -0.357 e. The first kappa shape index (κ1) is 18.3. The van der Waals surface area contributed by atoms with E-state index in [-0.39, 0.29) is 0 Å². The third-order valence-corrected chi connectivity index (χ3v) is 4.43. The van der Waals surface area contributed by atoms with Crippen molar-refractivity contribution in [1.82, 2.24) is 15.6 Å². The van der Waals surface area contributed by atoms with Crippen molar-refractivity contribution in [2.24, 2.45) is 4.99 Å². The molecule has 0 amide bonds. The molecule has 0 radical (unpaired) electrons. The van der Waals surface area contributed by atoms with Crippen LogP contribution in [0, 0.1) is 6.92 Å². The number of aromatic nitrogens is 1. The Labute approximate surface area is 149 Å². The third kappa shape index (κ3) is 7.04. The second-order valence-electron chi connectivity index (χ2n) is 5.48. The van der Waals surface area contributed by atoms with Crippen LogP contribution < -0.4 is 10.6 Å². The highest BCUT2D eigenvalue weighted by atomic mass is 32.2. The van der Waals surface area contributed by atoms with Gasteiger partial charge in [-0.3, -0.25) is 4.98 Å². The highest BCUT2D eigenvalue weighted by Gasteiger charge is 1.98. The Balaban J connectivity index is 1.70. The van der Waals surface area contributed by atoms with E-state index in [0.29, 0.717) is 6.54 Å². The SMILES string of the molecule is CCNC(=NCc1ccccn1)NCCSCc1ccc(C)cc1. The van der Waals surface area contributed by atoms with Crippen molar-refractivity contribution in [3.05, 3.63) is 65.5 Å². The summed E-state index contributed by atoms with van der Waals surface area (Å²) in [7, 11) is 0. The van der Waals surface area contributed by atoms with E-state index in [1.807, 2.05) is 30.0 Å². The van der Waals surface area contributed by atoms with Crippen LogP contribution in [0.3, 0.4) is 0 Å². The molecule has 0 bridgehead atoms. The van der Waals surface area contributed by atoms with E-state index < -0.39 is 0 Å². The van der Waals surface area contributed by atoms with Crippen LogP contribution in [0.15, 0.2) is 53.7 Å². The van der Waals surface area contributed by atoms with Crippen LogP contribution in [0.5, 0.6) is 0 Å². The van der Waals surface area contributed by atoms with Gasteiger partial charge in [0, 0.05) is 30.8 Å². The Hall–Kier alpha value is -2.01. The highest BCUT2D eigenvalue weighted by molar-refractivity contribution is 7.98.